The fourth-order valence-electron chi connectivity index (χ4n) is 1.74. The summed E-state index contributed by atoms with van der Waals surface area (Å²) in [5.41, 5.74) is 1.96. The summed E-state index contributed by atoms with van der Waals surface area (Å²) in [7, 11) is 0. The Hall–Kier alpha value is -1.35. The molecule has 0 bridgehead atoms. The number of amides is 1. The fraction of sp³-hybridized carbons (Fsp3) is 0.533. The number of carbonyl (C=O) groups is 1. The van der Waals surface area contributed by atoms with Crippen molar-refractivity contribution in [2.24, 2.45) is 5.92 Å². The van der Waals surface area contributed by atoms with Crippen LogP contribution in [0.4, 0.5) is 5.69 Å². The van der Waals surface area contributed by atoms with Crippen LogP contribution in [0.5, 0.6) is 0 Å². The lowest BCUT2D eigenvalue weighted by atomic mass is 10.0. The van der Waals surface area contributed by atoms with E-state index in [2.05, 4.69) is 19.2 Å². The van der Waals surface area contributed by atoms with E-state index in [-0.39, 0.29) is 18.2 Å². The van der Waals surface area contributed by atoms with E-state index in [0.717, 1.165) is 11.3 Å². The first kappa shape index (κ1) is 14.7. The Morgan fingerprint density at radius 3 is 2.39 bits per heavy atom. The number of anilines is 1. The Morgan fingerprint density at radius 2 is 1.83 bits per heavy atom. The van der Waals surface area contributed by atoms with E-state index < -0.39 is 6.10 Å². The number of aliphatic hydroxyl groups excluding tert-OH is 1. The number of carbonyl (C=O) groups excluding carboxylic acids is 1. The van der Waals surface area contributed by atoms with Crippen molar-refractivity contribution in [3.8, 4) is 0 Å². The highest BCUT2D eigenvalue weighted by molar-refractivity contribution is 5.91. The lowest BCUT2D eigenvalue weighted by molar-refractivity contribution is -0.118. The third-order valence-corrected chi connectivity index (χ3v) is 3.02. The molecule has 1 unspecified atom stereocenters. The SMILES string of the molecule is CC(C)c1ccccc1NC(=O)CC(O)C(C)C. The molecular weight excluding hydrogens is 226 g/mol. The minimum atomic E-state index is -0.587. The number of aliphatic hydroxyl groups is 1. The number of rotatable bonds is 5. The summed E-state index contributed by atoms with van der Waals surface area (Å²) in [6, 6.07) is 7.78. The maximum absolute atomic E-state index is 11.8. The van der Waals surface area contributed by atoms with Gasteiger partial charge in [-0.05, 0) is 23.5 Å². The van der Waals surface area contributed by atoms with Crippen LogP contribution in [0, 0.1) is 5.92 Å². The maximum Gasteiger partial charge on any atom is 0.226 e. The van der Waals surface area contributed by atoms with Crippen LogP contribution in [-0.4, -0.2) is 17.1 Å². The summed E-state index contributed by atoms with van der Waals surface area (Å²) in [4.78, 5) is 11.8. The van der Waals surface area contributed by atoms with Gasteiger partial charge in [-0.3, -0.25) is 4.79 Å². The average molecular weight is 249 g/mol. The van der Waals surface area contributed by atoms with Crippen molar-refractivity contribution in [2.75, 3.05) is 5.32 Å². The zero-order valence-electron chi connectivity index (χ0n) is 11.6. The summed E-state index contributed by atoms with van der Waals surface area (Å²) >= 11 is 0. The number of nitrogens with one attached hydrogen (secondary N) is 1. The molecule has 0 aliphatic carbocycles. The third-order valence-electron chi connectivity index (χ3n) is 3.02. The molecule has 0 aliphatic heterocycles. The molecule has 1 amide bonds. The molecule has 2 N–H and O–H groups in total. The lowest BCUT2D eigenvalue weighted by Gasteiger charge is -2.16. The summed E-state index contributed by atoms with van der Waals surface area (Å²) < 4.78 is 0. The molecular formula is C15H23NO2. The van der Waals surface area contributed by atoms with Gasteiger partial charge in [-0.15, -0.1) is 0 Å². The van der Waals surface area contributed by atoms with Gasteiger partial charge in [-0.1, -0.05) is 45.9 Å². The van der Waals surface area contributed by atoms with Gasteiger partial charge in [0.05, 0.1) is 12.5 Å². The number of benzene rings is 1. The molecule has 1 atom stereocenters. The predicted molar refractivity (Wildman–Crippen MR) is 74.6 cm³/mol. The molecule has 0 heterocycles. The van der Waals surface area contributed by atoms with Crippen LogP contribution in [0.1, 0.15) is 45.6 Å². The second-order valence-electron chi connectivity index (χ2n) is 5.31. The van der Waals surface area contributed by atoms with Crippen LogP contribution in [-0.2, 0) is 4.79 Å². The standard InChI is InChI=1S/C15H23NO2/c1-10(2)12-7-5-6-8-13(12)16-15(18)9-14(17)11(3)4/h5-8,10-11,14,17H,9H2,1-4H3,(H,16,18). The van der Waals surface area contributed by atoms with Crippen LogP contribution in [0.3, 0.4) is 0 Å². The second kappa shape index (κ2) is 6.55. The minimum Gasteiger partial charge on any atom is -0.392 e. The number of para-hydroxylation sites is 1. The van der Waals surface area contributed by atoms with E-state index in [1.54, 1.807) is 0 Å². The van der Waals surface area contributed by atoms with E-state index in [9.17, 15) is 9.90 Å². The average Bonchev–Trinajstić information content (AvgIpc) is 2.28. The molecule has 18 heavy (non-hydrogen) atoms. The first-order valence-electron chi connectivity index (χ1n) is 6.48. The number of hydrogen-bond donors (Lipinski definition) is 2. The van der Waals surface area contributed by atoms with E-state index >= 15 is 0 Å². The molecule has 0 fully saturated rings. The molecule has 0 saturated carbocycles. The van der Waals surface area contributed by atoms with Crippen LogP contribution in [0.15, 0.2) is 24.3 Å². The lowest BCUT2D eigenvalue weighted by Crippen LogP contribution is -2.24. The fourth-order valence-corrected chi connectivity index (χ4v) is 1.74. The largest absolute Gasteiger partial charge is 0.392 e. The Balaban J connectivity index is 2.70. The van der Waals surface area contributed by atoms with E-state index in [1.165, 1.54) is 0 Å². The summed E-state index contributed by atoms with van der Waals surface area (Å²) in [5, 5.41) is 12.6. The van der Waals surface area contributed by atoms with Gasteiger partial charge in [-0.2, -0.15) is 0 Å². The molecule has 0 aliphatic rings. The van der Waals surface area contributed by atoms with Crippen molar-refractivity contribution < 1.29 is 9.90 Å². The van der Waals surface area contributed by atoms with Gasteiger partial charge in [0, 0.05) is 5.69 Å². The Kier molecular flexibility index (Phi) is 5.35. The molecule has 1 aromatic carbocycles. The summed E-state index contributed by atoms with van der Waals surface area (Å²) in [5.74, 6) is 0.317. The second-order valence-corrected chi connectivity index (χ2v) is 5.31. The Labute approximate surface area is 109 Å². The van der Waals surface area contributed by atoms with Crippen molar-refractivity contribution in [1.82, 2.24) is 0 Å². The van der Waals surface area contributed by atoms with Gasteiger partial charge < -0.3 is 10.4 Å². The quantitative estimate of drug-likeness (QED) is 0.842. The van der Waals surface area contributed by atoms with E-state index in [1.807, 2.05) is 38.1 Å². The van der Waals surface area contributed by atoms with Crippen LogP contribution in [0.2, 0.25) is 0 Å². The van der Waals surface area contributed by atoms with Crippen LogP contribution in [0.25, 0.3) is 0 Å². The Bertz CT molecular complexity index is 399. The highest BCUT2D eigenvalue weighted by Gasteiger charge is 2.15. The molecule has 0 spiro atoms. The maximum atomic E-state index is 11.8. The van der Waals surface area contributed by atoms with Crippen molar-refractivity contribution in [3.63, 3.8) is 0 Å². The number of hydrogen-bond acceptors (Lipinski definition) is 2. The van der Waals surface area contributed by atoms with E-state index in [0.29, 0.717) is 5.92 Å². The molecule has 3 heteroatoms. The zero-order valence-corrected chi connectivity index (χ0v) is 11.6. The normalized spacial score (nSPS) is 12.8. The third kappa shape index (κ3) is 4.15. The highest BCUT2D eigenvalue weighted by Crippen LogP contribution is 2.23. The topological polar surface area (TPSA) is 49.3 Å². The van der Waals surface area contributed by atoms with Crippen molar-refractivity contribution in [3.05, 3.63) is 29.8 Å². The first-order valence-corrected chi connectivity index (χ1v) is 6.48. The van der Waals surface area contributed by atoms with Crippen LogP contribution >= 0.6 is 0 Å². The van der Waals surface area contributed by atoms with Crippen LogP contribution < -0.4 is 5.32 Å². The monoisotopic (exact) mass is 249 g/mol. The van der Waals surface area contributed by atoms with Gasteiger partial charge >= 0.3 is 0 Å². The van der Waals surface area contributed by atoms with E-state index in [4.69, 9.17) is 0 Å². The molecule has 100 valence electrons. The van der Waals surface area contributed by atoms with Crippen molar-refractivity contribution in [1.29, 1.82) is 0 Å². The highest BCUT2D eigenvalue weighted by atomic mass is 16.3. The molecule has 0 aromatic heterocycles. The van der Waals surface area contributed by atoms with Gasteiger partial charge in [0.25, 0.3) is 0 Å². The van der Waals surface area contributed by atoms with Gasteiger partial charge in [0.1, 0.15) is 0 Å². The van der Waals surface area contributed by atoms with Crippen molar-refractivity contribution >= 4 is 11.6 Å². The molecule has 1 aromatic rings. The summed E-state index contributed by atoms with van der Waals surface area (Å²) in [6.45, 7) is 7.99. The summed E-state index contributed by atoms with van der Waals surface area (Å²) in [6.07, 6.45) is -0.444. The molecule has 0 radical (unpaired) electrons. The first-order chi connectivity index (χ1) is 8.41. The smallest absolute Gasteiger partial charge is 0.226 e. The van der Waals surface area contributed by atoms with Gasteiger partial charge in [0.2, 0.25) is 5.91 Å². The van der Waals surface area contributed by atoms with Gasteiger partial charge in [-0.25, -0.2) is 0 Å². The molecule has 3 nitrogen and oxygen atoms in total. The molecule has 1 rings (SSSR count). The van der Waals surface area contributed by atoms with Gasteiger partial charge in [0.15, 0.2) is 0 Å². The molecule has 0 saturated heterocycles. The predicted octanol–water partition coefficient (Wildman–Crippen LogP) is 3.16. The van der Waals surface area contributed by atoms with Crippen molar-refractivity contribution in [2.45, 2.75) is 46.1 Å². The zero-order chi connectivity index (χ0) is 13.7. The minimum absolute atomic E-state index is 0.0936. The Morgan fingerprint density at radius 1 is 1.22 bits per heavy atom.